The van der Waals surface area contributed by atoms with E-state index in [-0.39, 0.29) is 23.9 Å². The number of Topliss-reactive ketones (excluding diaryl/α,β-unsaturated/α-hetero) is 2. The van der Waals surface area contributed by atoms with E-state index < -0.39 is 0 Å². The van der Waals surface area contributed by atoms with Crippen molar-refractivity contribution < 1.29 is 9.59 Å². The summed E-state index contributed by atoms with van der Waals surface area (Å²) < 4.78 is 0. The molecule has 0 fully saturated rings. The third kappa shape index (κ3) is 3.31. The Morgan fingerprint density at radius 2 is 1.67 bits per heavy atom. The lowest BCUT2D eigenvalue weighted by molar-refractivity contribution is -0.121. The number of rotatable bonds is 4. The first kappa shape index (κ1) is 11.6. The molecule has 1 aromatic carbocycles. The molecular formula is C13H16O2. The van der Waals surface area contributed by atoms with Gasteiger partial charge in [0.05, 0.1) is 6.42 Å². The van der Waals surface area contributed by atoms with Crippen LogP contribution >= 0.6 is 0 Å². The Balaban J connectivity index is 2.69. The Kier molecular flexibility index (Phi) is 3.78. The molecule has 1 aromatic rings. The van der Waals surface area contributed by atoms with Crippen molar-refractivity contribution in [2.45, 2.75) is 27.2 Å². The zero-order valence-electron chi connectivity index (χ0n) is 9.41. The molecule has 0 aliphatic carbocycles. The van der Waals surface area contributed by atoms with Crippen LogP contribution < -0.4 is 0 Å². The van der Waals surface area contributed by atoms with Gasteiger partial charge in [-0.1, -0.05) is 43.7 Å². The predicted octanol–water partition coefficient (Wildman–Crippen LogP) is 2.79. The van der Waals surface area contributed by atoms with Gasteiger partial charge < -0.3 is 0 Å². The van der Waals surface area contributed by atoms with E-state index in [1.54, 1.807) is 12.1 Å². The summed E-state index contributed by atoms with van der Waals surface area (Å²) in [6.45, 7) is 5.59. The van der Waals surface area contributed by atoms with E-state index in [1.165, 1.54) is 0 Å². The third-order valence-electron chi connectivity index (χ3n) is 2.35. The Morgan fingerprint density at radius 1 is 1.13 bits per heavy atom. The lowest BCUT2D eigenvalue weighted by atomic mass is 9.99. The maximum absolute atomic E-state index is 11.7. The molecule has 0 bridgehead atoms. The summed E-state index contributed by atoms with van der Waals surface area (Å²) in [6.07, 6.45) is 0.0146. The van der Waals surface area contributed by atoms with Gasteiger partial charge in [0, 0.05) is 11.5 Å². The number of hydrogen-bond acceptors (Lipinski definition) is 2. The molecule has 0 atom stereocenters. The predicted molar refractivity (Wildman–Crippen MR) is 60.0 cm³/mol. The highest BCUT2D eigenvalue weighted by atomic mass is 16.1. The van der Waals surface area contributed by atoms with Gasteiger partial charge in [0.25, 0.3) is 0 Å². The maximum atomic E-state index is 11.7. The molecule has 0 N–H and O–H groups in total. The number of carbonyl (C=O) groups is 2. The summed E-state index contributed by atoms with van der Waals surface area (Å²) in [4.78, 5) is 23.0. The molecule has 80 valence electrons. The van der Waals surface area contributed by atoms with Crippen LogP contribution in [0.1, 0.15) is 36.2 Å². The minimum Gasteiger partial charge on any atom is -0.299 e. The van der Waals surface area contributed by atoms with E-state index in [2.05, 4.69) is 0 Å². The van der Waals surface area contributed by atoms with E-state index in [1.807, 2.05) is 32.9 Å². The van der Waals surface area contributed by atoms with Crippen LogP contribution in [0.2, 0.25) is 0 Å². The van der Waals surface area contributed by atoms with Crippen molar-refractivity contribution in [3.05, 3.63) is 35.4 Å². The standard InChI is InChI=1S/C13H16O2/c1-9(2)12(14)8-13(15)11-6-4-10(3)5-7-11/h4-7,9H,8H2,1-3H3. The molecule has 2 heteroatoms. The molecule has 2 nitrogen and oxygen atoms in total. The SMILES string of the molecule is Cc1ccc(C(=O)CC(=O)C(C)C)cc1. The molecule has 0 heterocycles. The van der Waals surface area contributed by atoms with Crippen LogP contribution in [0.25, 0.3) is 0 Å². The molecule has 0 unspecified atom stereocenters. The van der Waals surface area contributed by atoms with E-state index >= 15 is 0 Å². The van der Waals surface area contributed by atoms with Gasteiger partial charge in [-0.25, -0.2) is 0 Å². The highest BCUT2D eigenvalue weighted by molar-refractivity contribution is 6.08. The Morgan fingerprint density at radius 3 is 2.13 bits per heavy atom. The van der Waals surface area contributed by atoms with E-state index in [4.69, 9.17) is 0 Å². The highest BCUT2D eigenvalue weighted by Gasteiger charge is 2.14. The van der Waals surface area contributed by atoms with Crippen molar-refractivity contribution in [3.8, 4) is 0 Å². The van der Waals surface area contributed by atoms with Crippen LogP contribution in [-0.4, -0.2) is 11.6 Å². The largest absolute Gasteiger partial charge is 0.299 e. The van der Waals surface area contributed by atoms with Crippen molar-refractivity contribution >= 4 is 11.6 Å². The molecule has 0 radical (unpaired) electrons. The number of carbonyl (C=O) groups excluding carboxylic acids is 2. The smallest absolute Gasteiger partial charge is 0.170 e. The second-order valence-electron chi connectivity index (χ2n) is 4.09. The van der Waals surface area contributed by atoms with Crippen molar-refractivity contribution in [2.24, 2.45) is 5.92 Å². The fourth-order valence-corrected chi connectivity index (χ4v) is 1.20. The number of aryl methyl sites for hydroxylation is 1. The van der Waals surface area contributed by atoms with Crippen LogP contribution in [0.15, 0.2) is 24.3 Å². The van der Waals surface area contributed by atoms with Gasteiger partial charge >= 0.3 is 0 Å². The summed E-state index contributed by atoms with van der Waals surface area (Å²) in [5.41, 5.74) is 1.73. The normalized spacial score (nSPS) is 10.4. The minimum absolute atomic E-state index is 0.000532. The quantitative estimate of drug-likeness (QED) is 0.558. The van der Waals surface area contributed by atoms with Gasteiger partial charge in [0.1, 0.15) is 5.78 Å². The van der Waals surface area contributed by atoms with Crippen LogP contribution in [0.3, 0.4) is 0 Å². The molecule has 0 saturated carbocycles. The van der Waals surface area contributed by atoms with Crippen LogP contribution in [0.5, 0.6) is 0 Å². The Labute approximate surface area is 90.3 Å². The molecule has 15 heavy (non-hydrogen) atoms. The first-order valence-electron chi connectivity index (χ1n) is 5.13. The van der Waals surface area contributed by atoms with Crippen molar-refractivity contribution in [2.75, 3.05) is 0 Å². The van der Waals surface area contributed by atoms with Gasteiger partial charge in [0.2, 0.25) is 0 Å². The minimum atomic E-state index is -0.0892. The first-order chi connectivity index (χ1) is 7.00. The zero-order chi connectivity index (χ0) is 11.4. The molecule has 0 aliphatic rings. The number of benzene rings is 1. The Bertz CT molecular complexity index is 361. The first-order valence-corrected chi connectivity index (χ1v) is 5.13. The highest BCUT2D eigenvalue weighted by Crippen LogP contribution is 2.08. The van der Waals surface area contributed by atoms with Crippen molar-refractivity contribution in [1.82, 2.24) is 0 Å². The molecular weight excluding hydrogens is 188 g/mol. The second-order valence-corrected chi connectivity index (χ2v) is 4.09. The van der Waals surface area contributed by atoms with Gasteiger partial charge in [-0.3, -0.25) is 9.59 Å². The van der Waals surface area contributed by atoms with E-state index in [9.17, 15) is 9.59 Å². The summed E-state index contributed by atoms with van der Waals surface area (Å²) in [7, 11) is 0. The zero-order valence-corrected chi connectivity index (χ0v) is 9.41. The van der Waals surface area contributed by atoms with Crippen molar-refractivity contribution in [3.63, 3.8) is 0 Å². The monoisotopic (exact) mass is 204 g/mol. The molecule has 0 aromatic heterocycles. The van der Waals surface area contributed by atoms with Gasteiger partial charge in [-0.05, 0) is 6.92 Å². The van der Waals surface area contributed by atoms with Crippen LogP contribution in [0.4, 0.5) is 0 Å². The third-order valence-corrected chi connectivity index (χ3v) is 2.35. The molecule has 0 amide bonds. The van der Waals surface area contributed by atoms with Gasteiger partial charge in [-0.15, -0.1) is 0 Å². The fourth-order valence-electron chi connectivity index (χ4n) is 1.20. The molecule has 0 aliphatic heterocycles. The summed E-state index contributed by atoms with van der Waals surface area (Å²) >= 11 is 0. The number of ketones is 2. The molecule has 1 rings (SSSR count). The second kappa shape index (κ2) is 4.87. The summed E-state index contributed by atoms with van der Waals surface area (Å²) in [6, 6.07) is 7.30. The molecule has 0 saturated heterocycles. The summed E-state index contributed by atoms with van der Waals surface area (Å²) in [5.74, 6) is -0.159. The van der Waals surface area contributed by atoms with Gasteiger partial charge in [-0.2, -0.15) is 0 Å². The average molecular weight is 204 g/mol. The van der Waals surface area contributed by atoms with E-state index in [0.29, 0.717) is 5.56 Å². The fraction of sp³-hybridized carbons (Fsp3) is 0.385. The number of hydrogen-bond donors (Lipinski definition) is 0. The molecule has 0 spiro atoms. The summed E-state index contributed by atoms with van der Waals surface area (Å²) in [5, 5.41) is 0. The maximum Gasteiger partial charge on any atom is 0.170 e. The van der Waals surface area contributed by atoms with Crippen molar-refractivity contribution in [1.29, 1.82) is 0 Å². The lowest BCUT2D eigenvalue weighted by Gasteiger charge is -2.03. The lowest BCUT2D eigenvalue weighted by Crippen LogP contribution is -2.13. The topological polar surface area (TPSA) is 34.1 Å². The van der Waals surface area contributed by atoms with Crippen LogP contribution in [0, 0.1) is 12.8 Å². The Hall–Kier alpha value is -1.44. The van der Waals surface area contributed by atoms with Crippen LogP contribution in [-0.2, 0) is 4.79 Å². The average Bonchev–Trinajstić information content (AvgIpc) is 2.18. The van der Waals surface area contributed by atoms with E-state index in [0.717, 1.165) is 5.56 Å². The van der Waals surface area contributed by atoms with Gasteiger partial charge in [0.15, 0.2) is 5.78 Å².